The molecule has 0 aromatic carbocycles. The topological polar surface area (TPSA) is 67.4 Å². The number of rotatable bonds is 6. The molecule has 0 saturated carbocycles. The van der Waals surface area contributed by atoms with E-state index >= 15 is 0 Å². The summed E-state index contributed by atoms with van der Waals surface area (Å²) in [4.78, 5) is 0. The van der Waals surface area contributed by atoms with Crippen molar-refractivity contribution in [3.8, 4) is 0 Å². The lowest BCUT2D eigenvalue weighted by molar-refractivity contribution is 0.0708. The van der Waals surface area contributed by atoms with Gasteiger partial charge in [-0.2, -0.15) is 0 Å². The van der Waals surface area contributed by atoms with E-state index in [1.807, 2.05) is 0 Å². The molecule has 0 spiro atoms. The molecule has 0 aromatic rings. The number of hydrogen-bond acceptors (Lipinski definition) is 4. The third kappa shape index (κ3) is 5.46. The standard InChI is InChI=1S/C9H20N2O3S/c1-2-15(12,13)11-6-5-10-9-4-3-7-14-8-9/h9-11H,2-8H2,1H3. The van der Waals surface area contributed by atoms with Gasteiger partial charge in [0.25, 0.3) is 0 Å². The highest BCUT2D eigenvalue weighted by atomic mass is 32.2. The van der Waals surface area contributed by atoms with Crippen LogP contribution in [0.15, 0.2) is 0 Å². The molecule has 1 saturated heterocycles. The zero-order valence-corrected chi connectivity index (χ0v) is 9.98. The molecular formula is C9H20N2O3S. The van der Waals surface area contributed by atoms with Crippen LogP contribution in [-0.4, -0.2) is 46.5 Å². The molecule has 1 rings (SSSR count). The van der Waals surface area contributed by atoms with Crippen molar-refractivity contribution in [3.63, 3.8) is 0 Å². The number of hydrogen-bond donors (Lipinski definition) is 2. The summed E-state index contributed by atoms with van der Waals surface area (Å²) >= 11 is 0. The largest absolute Gasteiger partial charge is 0.380 e. The monoisotopic (exact) mass is 236 g/mol. The van der Waals surface area contributed by atoms with Crippen molar-refractivity contribution in [1.82, 2.24) is 10.0 Å². The first-order valence-corrected chi connectivity index (χ1v) is 7.08. The van der Waals surface area contributed by atoms with E-state index in [1.54, 1.807) is 6.92 Å². The zero-order chi connectivity index (χ0) is 11.1. The fourth-order valence-electron chi connectivity index (χ4n) is 1.49. The molecule has 0 bridgehead atoms. The molecular weight excluding hydrogens is 216 g/mol. The van der Waals surface area contributed by atoms with E-state index in [0.29, 0.717) is 19.1 Å². The van der Waals surface area contributed by atoms with Crippen LogP contribution in [0.1, 0.15) is 19.8 Å². The lowest BCUT2D eigenvalue weighted by atomic mass is 10.1. The molecule has 1 aliphatic rings. The van der Waals surface area contributed by atoms with Crippen LogP contribution in [0.3, 0.4) is 0 Å². The molecule has 15 heavy (non-hydrogen) atoms. The van der Waals surface area contributed by atoms with Gasteiger partial charge >= 0.3 is 0 Å². The zero-order valence-electron chi connectivity index (χ0n) is 9.16. The first-order valence-electron chi connectivity index (χ1n) is 5.42. The average Bonchev–Trinajstić information content (AvgIpc) is 2.26. The Kier molecular flexibility index (Phi) is 5.52. The van der Waals surface area contributed by atoms with Crippen LogP contribution in [0.2, 0.25) is 0 Å². The molecule has 90 valence electrons. The van der Waals surface area contributed by atoms with Gasteiger partial charge < -0.3 is 10.1 Å². The Bertz CT molecular complexity index is 261. The molecule has 1 aliphatic heterocycles. The van der Waals surface area contributed by atoms with Gasteiger partial charge in [-0.3, -0.25) is 0 Å². The summed E-state index contributed by atoms with van der Waals surface area (Å²) < 4.78 is 30.0. The van der Waals surface area contributed by atoms with Crippen LogP contribution >= 0.6 is 0 Å². The Morgan fingerprint density at radius 3 is 2.80 bits per heavy atom. The predicted octanol–water partition coefficient (Wildman–Crippen LogP) is -0.306. The number of nitrogens with one attached hydrogen (secondary N) is 2. The minimum absolute atomic E-state index is 0.138. The summed E-state index contributed by atoms with van der Waals surface area (Å²) in [6.45, 7) is 4.33. The maximum absolute atomic E-state index is 11.1. The average molecular weight is 236 g/mol. The van der Waals surface area contributed by atoms with Crippen LogP contribution in [0.4, 0.5) is 0 Å². The van der Waals surface area contributed by atoms with E-state index in [0.717, 1.165) is 26.1 Å². The van der Waals surface area contributed by atoms with Gasteiger partial charge in [0.15, 0.2) is 0 Å². The Labute approximate surface area is 91.6 Å². The Hall–Kier alpha value is -0.170. The second-order valence-electron chi connectivity index (χ2n) is 3.67. The van der Waals surface area contributed by atoms with E-state index in [9.17, 15) is 8.42 Å². The minimum atomic E-state index is -3.04. The summed E-state index contributed by atoms with van der Waals surface area (Å²) in [5.41, 5.74) is 0. The molecule has 6 heteroatoms. The van der Waals surface area contributed by atoms with Crippen LogP contribution in [0, 0.1) is 0 Å². The van der Waals surface area contributed by atoms with Gasteiger partial charge in [0.05, 0.1) is 12.4 Å². The molecule has 0 radical (unpaired) electrons. The second-order valence-corrected chi connectivity index (χ2v) is 5.76. The molecule has 1 fully saturated rings. The molecule has 0 amide bonds. The summed E-state index contributed by atoms with van der Waals surface area (Å²) in [6.07, 6.45) is 2.19. The highest BCUT2D eigenvalue weighted by Crippen LogP contribution is 2.04. The Morgan fingerprint density at radius 2 is 2.20 bits per heavy atom. The van der Waals surface area contributed by atoms with Gasteiger partial charge in [0.2, 0.25) is 10.0 Å². The molecule has 1 unspecified atom stereocenters. The third-order valence-corrected chi connectivity index (χ3v) is 3.82. The van der Waals surface area contributed by atoms with Crippen LogP contribution in [-0.2, 0) is 14.8 Å². The molecule has 5 nitrogen and oxygen atoms in total. The van der Waals surface area contributed by atoms with Crippen LogP contribution < -0.4 is 10.0 Å². The van der Waals surface area contributed by atoms with Gasteiger partial charge in [-0.25, -0.2) is 13.1 Å². The van der Waals surface area contributed by atoms with Crippen molar-refractivity contribution in [2.75, 3.05) is 32.1 Å². The fourth-order valence-corrected chi connectivity index (χ4v) is 2.10. The number of ether oxygens (including phenoxy) is 1. The van der Waals surface area contributed by atoms with Gasteiger partial charge in [-0.1, -0.05) is 0 Å². The fraction of sp³-hybridized carbons (Fsp3) is 1.00. The van der Waals surface area contributed by atoms with Gasteiger partial charge in [-0.15, -0.1) is 0 Å². The molecule has 0 aromatic heterocycles. The predicted molar refractivity (Wildman–Crippen MR) is 59.3 cm³/mol. The van der Waals surface area contributed by atoms with Crippen molar-refractivity contribution in [3.05, 3.63) is 0 Å². The van der Waals surface area contributed by atoms with Crippen molar-refractivity contribution in [1.29, 1.82) is 0 Å². The SMILES string of the molecule is CCS(=O)(=O)NCCNC1CCCOC1. The van der Waals surface area contributed by atoms with E-state index < -0.39 is 10.0 Å². The summed E-state index contributed by atoms with van der Waals surface area (Å²) in [6, 6.07) is 0.380. The maximum atomic E-state index is 11.1. The van der Waals surface area contributed by atoms with Gasteiger partial charge in [0.1, 0.15) is 0 Å². The van der Waals surface area contributed by atoms with Crippen molar-refractivity contribution >= 4 is 10.0 Å². The highest BCUT2D eigenvalue weighted by Gasteiger charge is 2.12. The molecule has 2 N–H and O–H groups in total. The van der Waals surface area contributed by atoms with E-state index in [2.05, 4.69) is 10.0 Å². The summed E-state index contributed by atoms with van der Waals surface area (Å²) in [7, 11) is -3.04. The molecule has 1 heterocycles. The van der Waals surface area contributed by atoms with E-state index in [1.165, 1.54) is 0 Å². The van der Waals surface area contributed by atoms with Crippen LogP contribution in [0.25, 0.3) is 0 Å². The van der Waals surface area contributed by atoms with Crippen molar-refractivity contribution in [2.45, 2.75) is 25.8 Å². The normalized spacial score (nSPS) is 22.9. The van der Waals surface area contributed by atoms with Crippen LogP contribution in [0.5, 0.6) is 0 Å². The third-order valence-electron chi connectivity index (χ3n) is 2.42. The van der Waals surface area contributed by atoms with Gasteiger partial charge in [0, 0.05) is 25.7 Å². The van der Waals surface area contributed by atoms with Crippen molar-refractivity contribution in [2.24, 2.45) is 0 Å². The van der Waals surface area contributed by atoms with E-state index in [-0.39, 0.29) is 5.75 Å². The van der Waals surface area contributed by atoms with E-state index in [4.69, 9.17) is 4.74 Å². The first kappa shape index (κ1) is 12.9. The first-order chi connectivity index (χ1) is 7.14. The Morgan fingerprint density at radius 1 is 1.40 bits per heavy atom. The number of sulfonamides is 1. The van der Waals surface area contributed by atoms with Gasteiger partial charge in [-0.05, 0) is 19.8 Å². The molecule has 1 atom stereocenters. The Balaban J connectivity index is 2.06. The lowest BCUT2D eigenvalue weighted by Gasteiger charge is -2.23. The quantitative estimate of drug-likeness (QED) is 0.621. The highest BCUT2D eigenvalue weighted by molar-refractivity contribution is 7.89. The summed E-state index contributed by atoms with van der Waals surface area (Å²) in [5.74, 6) is 0.138. The smallest absolute Gasteiger partial charge is 0.211 e. The molecule has 0 aliphatic carbocycles. The summed E-state index contributed by atoms with van der Waals surface area (Å²) in [5, 5.41) is 3.27. The van der Waals surface area contributed by atoms with Crippen molar-refractivity contribution < 1.29 is 13.2 Å². The minimum Gasteiger partial charge on any atom is -0.380 e. The second kappa shape index (κ2) is 6.42. The maximum Gasteiger partial charge on any atom is 0.211 e. The lowest BCUT2D eigenvalue weighted by Crippen LogP contribution is -2.41.